The zero-order chi connectivity index (χ0) is 13.9. The number of aromatic nitrogens is 3. The van der Waals surface area contributed by atoms with E-state index in [0.29, 0.717) is 18.9 Å². The molecule has 1 aromatic rings. The summed E-state index contributed by atoms with van der Waals surface area (Å²) in [6.45, 7) is 4.48. The monoisotopic (exact) mass is 268 g/mol. The van der Waals surface area contributed by atoms with E-state index in [4.69, 9.17) is 4.74 Å². The number of nitrogens with one attached hydrogen (secondary N) is 2. The first-order valence-corrected chi connectivity index (χ1v) is 6.58. The third kappa shape index (κ3) is 3.10. The summed E-state index contributed by atoms with van der Waals surface area (Å²) in [7, 11) is 0. The lowest BCUT2D eigenvalue weighted by Crippen LogP contribution is -2.47. The van der Waals surface area contributed by atoms with E-state index in [1.54, 1.807) is 6.92 Å². The zero-order valence-electron chi connectivity index (χ0n) is 11.3. The molecule has 7 heteroatoms. The summed E-state index contributed by atoms with van der Waals surface area (Å²) in [6.07, 6.45) is 1.93. The van der Waals surface area contributed by atoms with Gasteiger partial charge in [0.1, 0.15) is 11.4 Å². The summed E-state index contributed by atoms with van der Waals surface area (Å²) in [6, 6.07) is 0. The third-order valence-electron chi connectivity index (χ3n) is 3.44. The van der Waals surface area contributed by atoms with Gasteiger partial charge in [-0.1, -0.05) is 6.92 Å². The van der Waals surface area contributed by atoms with Crippen LogP contribution >= 0.6 is 0 Å². The maximum Gasteiger partial charge on any atom is 0.291 e. The van der Waals surface area contributed by atoms with Gasteiger partial charge in [-0.15, -0.1) is 5.10 Å². The van der Waals surface area contributed by atoms with Gasteiger partial charge in [-0.2, -0.15) is 0 Å². The number of aryl methyl sites for hydroxylation is 1. The van der Waals surface area contributed by atoms with E-state index in [9.17, 15) is 9.90 Å². The highest BCUT2D eigenvalue weighted by Crippen LogP contribution is 2.24. The van der Waals surface area contributed by atoms with Crippen molar-refractivity contribution in [2.75, 3.05) is 13.2 Å². The van der Waals surface area contributed by atoms with Crippen molar-refractivity contribution in [3.8, 4) is 0 Å². The normalized spacial score (nSPS) is 26.6. The van der Waals surface area contributed by atoms with Gasteiger partial charge in [-0.25, -0.2) is 4.98 Å². The smallest absolute Gasteiger partial charge is 0.291 e. The van der Waals surface area contributed by atoms with Crippen LogP contribution < -0.4 is 5.32 Å². The van der Waals surface area contributed by atoms with Crippen LogP contribution in [0.2, 0.25) is 0 Å². The van der Waals surface area contributed by atoms with Gasteiger partial charge in [0.2, 0.25) is 5.82 Å². The van der Waals surface area contributed by atoms with Gasteiger partial charge in [0, 0.05) is 26.0 Å². The average Bonchev–Trinajstić information content (AvgIpc) is 2.96. The minimum Gasteiger partial charge on any atom is -0.385 e. The van der Waals surface area contributed by atoms with Gasteiger partial charge >= 0.3 is 0 Å². The zero-order valence-corrected chi connectivity index (χ0v) is 11.3. The molecule has 1 saturated heterocycles. The quantitative estimate of drug-likeness (QED) is 0.699. The molecular formula is C12H20N4O3. The molecule has 19 heavy (non-hydrogen) atoms. The molecule has 0 aliphatic carbocycles. The second kappa shape index (κ2) is 5.66. The van der Waals surface area contributed by atoms with Crippen molar-refractivity contribution in [2.24, 2.45) is 0 Å². The van der Waals surface area contributed by atoms with Crippen molar-refractivity contribution >= 4 is 5.91 Å². The Hall–Kier alpha value is -1.47. The first kappa shape index (κ1) is 14.0. The molecule has 106 valence electrons. The van der Waals surface area contributed by atoms with Gasteiger partial charge in [0.25, 0.3) is 5.91 Å². The molecule has 1 fully saturated rings. The maximum absolute atomic E-state index is 11.9. The molecule has 0 spiro atoms. The van der Waals surface area contributed by atoms with Crippen molar-refractivity contribution in [1.29, 1.82) is 0 Å². The molecule has 0 radical (unpaired) electrons. The lowest BCUT2D eigenvalue weighted by Gasteiger charge is -2.25. The van der Waals surface area contributed by atoms with Crippen LogP contribution in [0.3, 0.4) is 0 Å². The lowest BCUT2D eigenvalue weighted by molar-refractivity contribution is -0.0252. The second-order valence-electron chi connectivity index (χ2n) is 4.90. The highest BCUT2D eigenvalue weighted by atomic mass is 16.5. The molecule has 1 amide bonds. The van der Waals surface area contributed by atoms with E-state index in [-0.39, 0.29) is 24.4 Å². The van der Waals surface area contributed by atoms with Gasteiger partial charge in [0.05, 0.1) is 6.10 Å². The van der Waals surface area contributed by atoms with E-state index in [1.807, 2.05) is 6.92 Å². The molecule has 7 nitrogen and oxygen atoms in total. The van der Waals surface area contributed by atoms with E-state index in [2.05, 4.69) is 20.5 Å². The topological polar surface area (TPSA) is 100 Å². The van der Waals surface area contributed by atoms with Crippen LogP contribution in [0, 0.1) is 0 Å². The first-order valence-electron chi connectivity index (χ1n) is 6.58. The molecule has 2 unspecified atom stereocenters. The number of rotatable bonds is 5. The fourth-order valence-corrected chi connectivity index (χ4v) is 2.06. The van der Waals surface area contributed by atoms with E-state index in [1.165, 1.54) is 0 Å². The minimum absolute atomic E-state index is 0.110. The second-order valence-corrected chi connectivity index (χ2v) is 4.90. The van der Waals surface area contributed by atoms with Crippen molar-refractivity contribution in [3.63, 3.8) is 0 Å². The molecule has 3 N–H and O–H groups in total. The van der Waals surface area contributed by atoms with Crippen molar-refractivity contribution < 1.29 is 14.6 Å². The van der Waals surface area contributed by atoms with Crippen LogP contribution in [0.25, 0.3) is 0 Å². The highest BCUT2D eigenvalue weighted by molar-refractivity contribution is 5.90. The summed E-state index contributed by atoms with van der Waals surface area (Å²) in [5.41, 5.74) is -1.00. The maximum atomic E-state index is 11.9. The predicted molar refractivity (Wildman–Crippen MR) is 67.7 cm³/mol. The molecule has 1 aliphatic heterocycles. The number of H-pyrrole nitrogens is 1. The van der Waals surface area contributed by atoms with Crippen LogP contribution in [-0.4, -0.2) is 51.1 Å². The predicted octanol–water partition coefficient (Wildman–Crippen LogP) is 0.0269. The van der Waals surface area contributed by atoms with Crippen LogP contribution in [-0.2, 0) is 11.2 Å². The molecule has 2 rings (SSSR count). The highest BCUT2D eigenvalue weighted by Gasteiger charge is 2.39. The Labute approximate surface area is 111 Å². The molecular weight excluding hydrogens is 248 g/mol. The molecule has 0 aromatic carbocycles. The largest absolute Gasteiger partial charge is 0.385 e. The Morgan fingerprint density at radius 2 is 2.47 bits per heavy atom. The Bertz CT molecular complexity index is 448. The summed E-state index contributed by atoms with van der Waals surface area (Å²) in [4.78, 5) is 16.0. The van der Waals surface area contributed by atoms with Crippen molar-refractivity contribution in [2.45, 2.75) is 44.8 Å². The Morgan fingerprint density at radius 1 is 1.68 bits per heavy atom. The summed E-state index contributed by atoms with van der Waals surface area (Å²) < 4.78 is 5.30. The fraction of sp³-hybridized carbons (Fsp3) is 0.750. The van der Waals surface area contributed by atoms with E-state index >= 15 is 0 Å². The number of hydrogen-bond donors (Lipinski definition) is 3. The standard InChI is InChI=1S/C12H20N4O3/c1-3-4-9-14-10(16-15-9)11(17)13-7-12(18)5-6-19-8(12)2/h8,18H,3-7H2,1-2H3,(H,13,17)(H,14,15,16). The molecule has 2 heterocycles. The third-order valence-corrected chi connectivity index (χ3v) is 3.44. The van der Waals surface area contributed by atoms with E-state index in [0.717, 1.165) is 12.8 Å². The van der Waals surface area contributed by atoms with Crippen molar-refractivity contribution in [3.05, 3.63) is 11.6 Å². The Balaban J connectivity index is 1.90. The van der Waals surface area contributed by atoms with Crippen molar-refractivity contribution in [1.82, 2.24) is 20.5 Å². The van der Waals surface area contributed by atoms with E-state index < -0.39 is 5.60 Å². The van der Waals surface area contributed by atoms with Gasteiger partial charge in [-0.3, -0.25) is 9.89 Å². The number of aromatic amines is 1. The van der Waals surface area contributed by atoms with Gasteiger partial charge in [0.15, 0.2) is 0 Å². The number of aliphatic hydroxyl groups is 1. The molecule has 0 saturated carbocycles. The number of carbonyl (C=O) groups excluding carboxylic acids is 1. The summed E-state index contributed by atoms with van der Waals surface area (Å²) in [5.74, 6) is 0.425. The van der Waals surface area contributed by atoms with Gasteiger partial charge < -0.3 is 15.2 Å². The SMILES string of the molecule is CCCc1nc(C(=O)NCC2(O)CCOC2C)n[nH]1. The minimum atomic E-state index is -1.00. The molecule has 1 aliphatic rings. The van der Waals surface area contributed by atoms with Crippen LogP contribution in [0.5, 0.6) is 0 Å². The summed E-state index contributed by atoms with van der Waals surface area (Å²) in [5, 5.41) is 19.5. The Morgan fingerprint density at radius 3 is 3.11 bits per heavy atom. The van der Waals surface area contributed by atoms with Gasteiger partial charge in [-0.05, 0) is 13.3 Å². The number of hydrogen-bond acceptors (Lipinski definition) is 5. The Kier molecular flexibility index (Phi) is 4.16. The molecule has 2 atom stereocenters. The van der Waals surface area contributed by atoms with Crippen LogP contribution in [0.1, 0.15) is 43.1 Å². The lowest BCUT2D eigenvalue weighted by atomic mass is 9.97. The average molecular weight is 268 g/mol. The van der Waals surface area contributed by atoms with Crippen LogP contribution in [0.4, 0.5) is 0 Å². The fourth-order valence-electron chi connectivity index (χ4n) is 2.06. The number of ether oxygens (including phenoxy) is 1. The molecule has 1 aromatic heterocycles. The molecule has 0 bridgehead atoms. The number of carbonyl (C=O) groups is 1. The number of amides is 1. The van der Waals surface area contributed by atoms with Crippen LogP contribution in [0.15, 0.2) is 0 Å². The first-order chi connectivity index (χ1) is 9.05. The summed E-state index contributed by atoms with van der Waals surface area (Å²) >= 11 is 0. The number of nitrogens with zero attached hydrogens (tertiary/aromatic N) is 2.